The Kier molecular flexibility index (Phi) is 13.4. The van der Waals surface area contributed by atoms with Crippen LogP contribution in [0.3, 0.4) is 0 Å². The van der Waals surface area contributed by atoms with Crippen LogP contribution in [0.1, 0.15) is 72.1 Å². The Balaban J connectivity index is 0.768. The Morgan fingerprint density at radius 1 is 0.787 bits per heavy atom. The molecule has 0 aliphatic carbocycles. The van der Waals surface area contributed by atoms with Gasteiger partial charge in [-0.2, -0.15) is 10.1 Å². The van der Waals surface area contributed by atoms with Gasteiger partial charge in [-0.25, -0.2) is 4.98 Å². The van der Waals surface area contributed by atoms with E-state index in [-0.39, 0.29) is 29.4 Å². The Hall–Kier alpha value is -6.96. The number of aryl methyl sites for hydroxylation is 1. The Morgan fingerprint density at radius 3 is 2.24 bits per heavy atom. The SMILES string of the molecule is COc1cc(N2CCC(N3CCC4(CCCN(c5cc6c(cc5OC)C(=O)N(C5CCC(=O)NC5=O)C6=O)C4)CC3)CC2)c(-c2cnn(C)c2)cc1Nc1ncc(Br)c(Nc2ccc3nccnc3c2P(C)(C)=O)n1. The molecule has 3 N–H and O–H groups in total. The van der Waals surface area contributed by atoms with Crippen LogP contribution in [0.2, 0.25) is 0 Å². The second-order valence-corrected chi connectivity index (χ2v) is 24.6. The Labute approximate surface area is 442 Å². The molecule has 1 spiro atoms. The molecule has 0 radical (unpaired) electrons. The molecule has 0 bridgehead atoms. The molecule has 5 aliphatic rings. The van der Waals surface area contributed by atoms with Crippen molar-refractivity contribution in [3.8, 4) is 22.6 Å². The van der Waals surface area contributed by atoms with E-state index in [1.165, 1.54) is 0 Å². The fraction of sp³-hybridized carbons (Fsp3) is 0.415. The van der Waals surface area contributed by atoms with Gasteiger partial charge in [-0.05, 0) is 123 Å². The summed E-state index contributed by atoms with van der Waals surface area (Å²) in [5, 5.41) is 14.2. The monoisotopic (exact) mass is 1100 g/mol. The first-order valence-electron chi connectivity index (χ1n) is 25.3. The molecule has 5 aliphatic heterocycles. The largest absolute Gasteiger partial charge is 0.495 e. The van der Waals surface area contributed by atoms with Gasteiger partial charge in [0.25, 0.3) is 11.8 Å². The van der Waals surface area contributed by atoms with Gasteiger partial charge >= 0.3 is 0 Å². The standard InChI is InChI=1S/C53H59BrN13O7P/c1-63-29-31(27-58-63)33-23-39(60-52-57-28-36(54)48(62-52)59-38-8-7-37-46(56-17-16-55-37)47(38)75(4,5)72)43(73-2)26-41(33)65-19-11-32(12-20-65)64-21-14-53(15-22-64)13-6-18-66(30-53)42-24-34-35(25-44(42)74-3)51(71)67(50(34)70)40-9-10-45(68)61-49(40)69/h7-8,16-17,23-29,32,40H,6,9-15,18-22,30H2,1-5H3,(H,61,68,69)(H2,57,59,60,62). The lowest BCUT2D eigenvalue weighted by Crippen LogP contribution is -2.54. The number of ether oxygens (including phenoxy) is 2. The molecule has 20 nitrogen and oxygen atoms in total. The van der Waals surface area contributed by atoms with Crippen molar-refractivity contribution in [1.29, 1.82) is 0 Å². The molecule has 75 heavy (non-hydrogen) atoms. The first-order chi connectivity index (χ1) is 36.1. The van der Waals surface area contributed by atoms with E-state index in [1.807, 2.05) is 31.6 Å². The summed E-state index contributed by atoms with van der Waals surface area (Å²) in [6.45, 7) is 8.75. The number of amides is 4. The molecule has 3 aromatic heterocycles. The highest BCUT2D eigenvalue weighted by Gasteiger charge is 2.47. The highest BCUT2D eigenvalue weighted by Crippen LogP contribution is 2.47. The lowest BCUT2D eigenvalue weighted by atomic mass is 9.72. The van der Waals surface area contributed by atoms with Crippen LogP contribution in [0, 0.1) is 5.41 Å². The van der Waals surface area contributed by atoms with E-state index in [4.69, 9.17) is 14.5 Å². The molecule has 8 heterocycles. The molecule has 4 amide bonds. The molecular weight excluding hydrogens is 1040 g/mol. The topological polar surface area (TPSA) is 222 Å². The molecule has 4 saturated heterocycles. The number of nitrogens with one attached hydrogen (secondary N) is 3. The zero-order valence-corrected chi connectivity index (χ0v) is 45.0. The van der Waals surface area contributed by atoms with Crippen LogP contribution in [0.5, 0.6) is 11.5 Å². The van der Waals surface area contributed by atoms with Crippen molar-refractivity contribution in [2.24, 2.45) is 12.5 Å². The number of halogens is 1. The summed E-state index contributed by atoms with van der Waals surface area (Å²) >= 11 is 3.62. The summed E-state index contributed by atoms with van der Waals surface area (Å²) in [5.41, 5.74) is 6.87. The number of nitrogens with zero attached hydrogens (tertiary/aromatic N) is 10. The third kappa shape index (κ3) is 9.58. The second kappa shape index (κ2) is 20.0. The van der Waals surface area contributed by atoms with E-state index >= 15 is 0 Å². The van der Waals surface area contributed by atoms with Crippen molar-refractivity contribution >= 4 is 97.6 Å². The van der Waals surface area contributed by atoms with Gasteiger partial charge in [0.1, 0.15) is 36.0 Å². The quantitative estimate of drug-likeness (QED) is 0.0822. The van der Waals surface area contributed by atoms with E-state index < -0.39 is 36.8 Å². The summed E-state index contributed by atoms with van der Waals surface area (Å²) in [7, 11) is 2.32. The maximum atomic E-state index is 13.8. The van der Waals surface area contributed by atoms with Crippen LogP contribution in [0.25, 0.3) is 22.2 Å². The lowest BCUT2D eigenvalue weighted by molar-refractivity contribution is -0.136. The number of rotatable bonds is 12. The van der Waals surface area contributed by atoms with E-state index in [9.17, 15) is 23.7 Å². The average Bonchev–Trinajstić information content (AvgIpc) is 3.95. The fourth-order valence-electron chi connectivity index (χ4n) is 11.9. The van der Waals surface area contributed by atoms with Crippen molar-refractivity contribution in [2.45, 2.75) is 63.5 Å². The van der Waals surface area contributed by atoms with Gasteiger partial charge in [0, 0.05) is 93.4 Å². The third-order valence-electron chi connectivity index (χ3n) is 15.7. The molecule has 1 atom stereocenters. The molecular formula is C53H59BrN13O7P. The molecule has 6 aromatic rings. The van der Waals surface area contributed by atoms with E-state index in [1.54, 1.807) is 63.0 Å². The maximum Gasteiger partial charge on any atom is 0.262 e. The van der Waals surface area contributed by atoms with Crippen molar-refractivity contribution in [2.75, 3.05) is 87.3 Å². The fourth-order valence-corrected chi connectivity index (χ4v) is 13.6. The van der Waals surface area contributed by atoms with Gasteiger partial charge in [-0.1, -0.05) is 0 Å². The number of aromatic nitrogens is 6. The van der Waals surface area contributed by atoms with Crippen molar-refractivity contribution in [3.05, 3.63) is 83.0 Å². The predicted octanol–water partition coefficient (Wildman–Crippen LogP) is 7.09. The van der Waals surface area contributed by atoms with Gasteiger partial charge in [0.15, 0.2) is 0 Å². The maximum absolute atomic E-state index is 13.8. The summed E-state index contributed by atoms with van der Waals surface area (Å²) < 4.78 is 28.0. The number of anilines is 6. The number of hydrogen-bond acceptors (Lipinski definition) is 17. The van der Waals surface area contributed by atoms with E-state index in [0.29, 0.717) is 61.5 Å². The smallest absolute Gasteiger partial charge is 0.262 e. The molecule has 0 saturated carbocycles. The van der Waals surface area contributed by atoms with Gasteiger partial charge in [-0.3, -0.25) is 44.0 Å². The summed E-state index contributed by atoms with van der Waals surface area (Å²) in [6.07, 6.45) is 15.1. The number of imide groups is 2. The predicted molar refractivity (Wildman–Crippen MR) is 290 cm³/mol. The number of likely N-dealkylation sites (tertiary alicyclic amines) is 1. The first-order valence-corrected chi connectivity index (χ1v) is 28.7. The lowest BCUT2D eigenvalue weighted by Gasteiger charge is -2.50. The molecule has 390 valence electrons. The van der Waals surface area contributed by atoms with Gasteiger partial charge in [0.2, 0.25) is 17.8 Å². The van der Waals surface area contributed by atoms with Crippen LogP contribution >= 0.6 is 23.1 Å². The van der Waals surface area contributed by atoms with E-state index in [0.717, 1.165) is 105 Å². The highest BCUT2D eigenvalue weighted by atomic mass is 79.9. The summed E-state index contributed by atoms with van der Waals surface area (Å²) in [5.74, 6) is -0.159. The molecule has 11 rings (SSSR count). The number of carbonyl (C=O) groups excluding carboxylic acids is 4. The van der Waals surface area contributed by atoms with Crippen molar-refractivity contribution in [3.63, 3.8) is 0 Å². The molecule has 4 fully saturated rings. The number of fused-ring (bicyclic) bond motifs is 2. The van der Waals surface area contributed by atoms with Crippen molar-refractivity contribution in [1.82, 2.24) is 44.8 Å². The molecule has 3 aromatic carbocycles. The number of hydrogen-bond donors (Lipinski definition) is 3. The second-order valence-electron chi connectivity index (χ2n) is 20.6. The van der Waals surface area contributed by atoms with Gasteiger partial charge in [-0.15, -0.1) is 0 Å². The number of benzene rings is 3. The minimum Gasteiger partial charge on any atom is -0.495 e. The Morgan fingerprint density at radius 2 is 1.53 bits per heavy atom. The summed E-state index contributed by atoms with van der Waals surface area (Å²) in [4.78, 5) is 78.9. The van der Waals surface area contributed by atoms with Crippen molar-refractivity contribution < 1.29 is 33.2 Å². The summed E-state index contributed by atoms with van der Waals surface area (Å²) in [6, 6.07) is 10.7. The van der Waals surface area contributed by atoms with E-state index in [2.05, 4.69) is 78.8 Å². The molecule has 1 unspecified atom stereocenters. The number of methoxy groups -OCH3 is 2. The number of piperidine rings is 4. The van der Waals surface area contributed by atoms with Crippen LogP contribution < -0.4 is 40.5 Å². The zero-order valence-electron chi connectivity index (χ0n) is 42.6. The highest BCUT2D eigenvalue weighted by molar-refractivity contribution is 9.10. The minimum atomic E-state index is -2.82. The zero-order chi connectivity index (χ0) is 52.3. The van der Waals surface area contributed by atoms with Crippen LogP contribution in [-0.2, 0) is 21.2 Å². The first kappa shape index (κ1) is 50.2. The van der Waals surface area contributed by atoms with Crippen LogP contribution in [0.15, 0.2) is 71.9 Å². The Bertz CT molecular complexity index is 3330. The minimum absolute atomic E-state index is 0.0628. The third-order valence-corrected chi connectivity index (χ3v) is 17.8. The molecule has 22 heteroatoms. The van der Waals surface area contributed by atoms with Gasteiger partial charge in [0.05, 0.1) is 63.9 Å². The number of carbonyl (C=O) groups is 4. The van der Waals surface area contributed by atoms with Crippen LogP contribution in [0.4, 0.5) is 34.5 Å². The van der Waals surface area contributed by atoms with Gasteiger partial charge < -0.3 is 39.4 Å². The average molecular weight is 1100 g/mol. The van der Waals surface area contributed by atoms with Crippen LogP contribution in [-0.4, -0.2) is 142 Å². The normalized spacial score (nSPS) is 19.4.